The zero-order chi connectivity index (χ0) is 14.5. The number of halogens is 3. The van der Waals surface area contributed by atoms with Crippen molar-refractivity contribution in [3.8, 4) is 0 Å². The second kappa shape index (κ2) is 6.58. The van der Waals surface area contributed by atoms with Gasteiger partial charge in [-0.1, -0.05) is 13.8 Å². The molecule has 7 heteroatoms. The number of aromatic nitrogens is 2. The molecule has 2 N–H and O–H groups in total. The van der Waals surface area contributed by atoms with Crippen LogP contribution in [0.5, 0.6) is 0 Å². The standard InChI is InChI=1S/C12H19F3N4/c1-4-16-10-9(8(2)3)11(19-7-18-10)17-6-5-12(13,14)15/h7-8H,4-6H2,1-3H3,(H2,16,17,18,19). The van der Waals surface area contributed by atoms with Crippen molar-refractivity contribution < 1.29 is 13.2 Å². The molecule has 1 rings (SSSR count). The van der Waals surface area contributed by atoms with Crippen LogP contribution in [0.3, 0.4) is 0 Å². The minimum Gasteiger partial charge on any atom is -0.370 e. The zero-order valence-electron chi connectivity index (χ0n) is 11.3. The van der Waals surface area contributed by atoms with Gasteiger partial charge in [-0.2, -0.15) is 13.2 Å². The van der Waals surface area contributed by atoms with Gasteiger partial charge in [0.05, 0.1) is 6.42 Å². The number of nitrogens with one attached hydrogen (secondary N) is 2. The number of rotatable bonds is 6. The Bertz CT molecular complexity index is 404. The molecule has 0 radical (unpaired) electrons. The third-order valence-corrected chi connectivity index (χ3v) is 2.51. The third-order valence-electron chi connectivity index (χ3n) is 2.51. The molecule has 0 aliphatic heterocycles. The van der Waals surface area contributed by atoms with Gasteiger partial charge in [-0.3, -0.25) is 0 Å². The molecule has 0 unspecified atom stereocenters. The van der Waals surface area contributed by atoms with Crippen LogP contribution in [0.25, 0.3) is 0 Å². The predicted molar refractivity (Wildman–Crippen MR) is 69.4 cm³/mol. The van der Waals surface area contributed by atoms with Gasteiger partial charge < -0.3 is 10.6 Å². The Labute approximate surface area is 110 Å². The summed E-state index contributed by atoms with van der Waals surface area (Å²) in [5, 5.41) is 5.83. The van der Waals surface area contributed by atoms with Crippen LogP contribution in [0, 0.1) is 0 Å². The Hall–Kier alpha value is -1.53. The summed E-state index contributed by atoms with van der Waals surface area (Å²) >= 11 is 0. The first-order chi connectivity index (χ1) is 8.85. The number of hydrogen-bond acceptors (Lipinski definition) is 4. The highest BCUT2D eigenvalue weighted by atomic mass is 19.4. The van der Waals surface area contributed by atoms with E-state index in [1.165, 1.54) is 6.33 Å². The topological polar surface area (TPSA) is 49.8 Å². The summed E-state index contributed by atoms with van der Waals surface area (Å²) < 4.78 is 36.4. The maximum absolute atomic E-state index is 12.1. The molecule has 0 bridgehead atoms. The van der Waals surface area contributed by atoms with E-state index < -0.39 is 12.6 Å². The van der Waals surface area contributed by atoms with Gasteiger partial charge in [-0.25, -0.2) is 9.97 Å². The summed E-state index contributed by atoms with van der Waals surface area (Å²) in [5.74, 6) is 1.25. The van der Waals surface area contributed by atoms with E-state index in [9.17, 15) is 13.2 Å². The van der Waals surface area contributed by atoms with Crippen molar-refractivity contribution in [1.29, 1.82) is 0 Å². The second-order valence-electron chi connectivity index (χ2n) is 4.46. The fraction of sp³-hybridized carbons (Fsp3) is 0.667. The lowest BCUT2D eigenvalue weighted by atomic mass is 10.0. The Balaban J connectivity index is 2.84. The van der Waals surface area contributed by atoms with Crippen LogP contribution < -0.4 is 10.6 Å². The maximum atomic E-state index is 12.1. The molecule has 19 heavy (non-hydrogen) atoms. The molecule has 0 spiro atoms. The smallest absolute Gasteiger partial charge is 0.370 e. The SMILES string of the molecule is CCNc1ncnc(NCCC(F)(F)F)c1C(C)C. The van der Waals surface area contributed by atoms with Gasteiger partial charge in [0.1, 0.15) is 18.0 Å². The monoisotopic (exact) mass is 276 g/mol. The van der Waals surface area contributed by atoms with Gasteiger partial charge >= 0.3 is 6.18 Å². The number of anilines is 2. The summed E-state index contributed by atoms with van der Waals surface area (Å²) in [5.41, 5.74) is 0.812. The minimum atomic E-state index is -4.16. The van der Waals surface area contributed by atoms with E-state index in [2.05, 4.69) is 20.6 Å². The summed E-state index contributed by atoms with van der Waals surface area (Å²) in [6, 6.07) is 0. The van der Waals surface area contributed by atoms with Crippen LogP contribution in [0.4, 0.5) is 24.8 Å². The third kappa shape index (κ3) is 4.92. The highest BCUT2D eigenvalue weighted by molar-refractivity contribution is 5.58. The summed E-state index contributed by atoms with van der Waals surface area (Å²) in [7, 11) is 0. The molecule has 0 aromatic carbocycles. The normalized spacial score (nSPS) is 11.7. The molecule has 0 aliphatic carbocycles. The molecule has 0 aliphatic rings. The average Bonchev–Trinajstić information content (AvgIpc) is 2.27. The van der Waals surface area contributed by atoms with E-state index in [1.807, 2.05) is 20.8 Å². The Morgan fingerprint density at radius 3 is 2.21 bits per heavy atom. The Kier molecular flexibility index (Phi) is 5.38. The van der Waals surface area contributed by atoms with Gasteiger partial charge in [0, 0.05) is 18.7 Å². The van der Waals surface area contributed by atoms with Crippen molar-refractivity contribution in [2.45, 2.75) is 39.3 Å². The van der Waals surface area contributed by atoms with Gasteiger partial charge in [0.15, 0.2) is 0 Å². The van der Waals surface area contributed by atoms with Gasteiger partial charge in [0.25, 0.3) is 0 Å². The molecule has 1 heterocycles. The molecule has 0 saturated heterocycles. The summed E-state index contributed by atoms with van der Waals surface area (Å²) in [6.07, 6.45) is -3.70. The molecule has 0 fully saturated rings. The van der Waals surface area contributed by atoms with Crippen LogP contribution >= 0.6 is 0 Å². The quantitative estimate of drug-likeness (QED) is 0.836. The van der Waals surface area contributed by atoms with E-state index in [0.29, 0.717) is 18.2 Å². The molecule has 1 aromatic rings. The molecule has 0 amide bonds. The summed E-state index contributed by atoms with van der Waals surface area (Å²) in [6.45, 7) is 6.34. The predicted octanol–water partition coefficient (Wildman–Crippen LogP) is 3.40. The van der Waals surface area contributed by atoms with Crippen molar-refractivity contribution in [2.75, 3.05) is 23.7 Å². The van der Waals surface area contributed by atoms with Crippen LogP contribution in [0.2, 0.25) is 0 Å². The first-order valence-electron chi connectivity index (χ1n) is 6.24. The fourth-order valence-electron chi connectivity index (χ4n) is 1.71. The van der Waals surface area contributed by atoms with Crippen LogP contribution in [-0.4, -0.2) is 29.2 Å². The Morgan fingerprint density at radius 2 is 1.74 bits per heavy atom. The lowest BCUT2D eigenvalue weighted by Crippen LogP contribution is -2.17. The van der Waals surface area contributed by atoms with Gasteiger partial charge in [-0.15, -0.1) is 0 Å². The van der Waals surface area contributed by atoms with Gasteiger partial charge in [0.2, 0.25) is 0 Å². The first-order valence-corrected chi connectivity index (χ1v) is 6.24. The van der Waals surface area contributed by atoms with Crippen LogP contribution in [-0.2, 0) is 0 Å². The van der Waals surface area contributed by atoms with E-state index in [-0.39, 0.29) is 12.5 Å². The lowest BCUT2D eigenvalue weighted by Gasteiger charge is -2.17. The first kappa shape index (κ1) is 15.5. The Morgan fingerprint density at radius 1 is 1.16 bits per heavy atom. The van der Waals surface area contributed by atoms with Crippen molar-refractivity contribution in [3.05, 3.63) is 11.9 Å². The largest absolute Gasteiger partial charge is 0.390 e. The molecule has 108 valence electrons. The lowest BCUT2D eigenvalue weighted by molar-refractivity contribution is -0.131. The van der Waals surface area contributed by atoms with Crippen molar-refractivity contribution in [3.63, 3.8) is 0 Å². The maximum Gasteiger partial charge on any atom is 0.390 e. The van der Waals surface area contributed by atoms with Gasteiger partial charge in [-0.05, 0) is 12.8 Å². The van der Waals surface area contributed by atoms with E-state index in [0.717, 1.165) is 5.56 Å². The molecule has 0 atom stereocenters. The average molecular weight is 276 g/mol. The van der Waals surface area contributed by atoms with E-state index in [4.69, 9.17) is 0 Å². The second-order valence-corrected chi connectivity index (χ2v) is 4.46. The highest BCUT2D eigenvalue weighted by Gasteiger charge is 2.26. The van der Waals surface area contributed by atoms with Crippen molar-refractivity contribution in [1.82, 2.24) is 9.97 Å². The fourth-order valence-corrected chi connectivity index (χ4v) is 1.71. The molecular weight excluding hydrogens is 257 g/mol. The van der Waals surface area contributed by atoms with Crippen molar-refractivity contribution >= 4 is 11.6 Å². The van der Waals surface area contributed by atoms with Crippen molar-refractivity contribution in [2.24, 2.45) is 0 Å². The number of hydrogen-bond donors (Lipinski definition) is 2. The molecule has 0 saturated carbocycles. The van der Waals surface area contributed by atoms with E-state index >= 15 is 0 Å². The molecule has 1 aromatic heterocycles. The zero-order valence-corrected chi connectivity index (χ0v) is 11.3. The highest BCUT2D eigenvalue weighted by Crippen LogP contribution is 2.28. The van der Waals surface area contributed by atoms with Crippen LogP contribution in [0.15, 0.2) is 6.33 Å². The number of nitrogens with zero attached hydrogens (tertiary/aromatic N) is 2. The summed E-state index contributed by atoms with van der Waals surface area (Å²) in [4.78, 5) is 8.16. The van der Waals surface area contributed by atoms with Crippen LogP contribution in [0.1, 0.15) is 38.7 Å². The minimum absolute atomic E-state index is 0.114. The number of alkyl halides is 3. The molecule has 4 nitrogen and oxygen atoms in total. The van der Waals surface area contributed by atoms with E-state index in [1.54, 1.807) is 0 Å². The molecular formula is C12H19F3N4.